The highest BCUT2D eigenvalue weighted by Crippen LogP contribution is 2.20. The molecule has 1 aromatic carbocycles. The van der Waals surface area contributed by atoms with E-state index in [2.05, 4.69) is 0 Å². The summed E-state index contributed by atoms with van der Waals surface area (Å²) in [6.07, 6.45) is 12.5. The van der Waals surface area contributed by atoms with Crippen molar-refractivity contribution in [3.63, 3.8) is 0 Å². The quantitative estimate of drug-likeness (QED) is 0.385. The predicted octanol–water partition coefficient (Wildman–Crippen LogP) is 1.37. The second kappa shape index (κ2) is 14.1. The molecule has 1 heterocycles. The average Bonchev–Trinajstić information content (AvgIpc) is 2.90. The number of fused-ring (bicyclic) bond motifs is 1. The molecule has 6 nitrogen and oxygen atoms in total. The fraction of sp³-hybridized carbons (Fsp3) is 0.611. The maximum absolute atomic E-state index is 11.1. The topological polar surface area (TPSA) is 98.5 Å². The van der Waals surface area contributed by atoms with Crippen LogP contribution in [0.1, 0.15) is 68.1 Å². The number of nitrogens with two attached hydrogens (primary N) is 1. The minimum Gasteiger partial charge on any atom is -0.468 e. The number of sulfonamides is 1. The minimum atomic E-state index is -3.55. The second-order valence-corrected chi connectivity index (χ2v) is 11.8. The highest BCUT2D eigenvalue weighted by molar-refractivity contribution is 7.90. The molecule has 1 aromatic rings. The normalized spacial score (nSPS) is 14.8. The molecular formula is C18H34N2O4SSi2. The van der Waals surface area contributed by atoms with E-state index >= 15 is 0 Å². The summed E-state index contributed by atoms with van der Waals surface area (Å²) in [4.78, 5) is 11.1. The maximum atomic E-state index is 11.1. The van der Waals surface area contributed by atoms with Crippen LogP contribution in [0, 0.1) is 0 Å². The Bertz CT molecular complexity index is 645. The Morgan fingerprint density at radius 1 is 0.963 bits per heavy atom. The van der Waals surface area contributed by atoms with Crippen molar-refractivity contribution < 1.29 is 17.3 Å². The monoisotopic (exact) mass is 430 g/mol. The van der Waals surface area contributed by atoms with Crippen molar-refractivity contribution in [2.24, 2.45) is 5.73 Å². The van der Waals surface area contributed by atoms with Crippen LogP contribution >= 0.6 is 0 Å². The first-order valence-corrected chi connectivity index (χ1v) is 13.8. The molecule has 3 N–H and O–H groups in total. The number of hydrogen-bond donors (Lipinski definition) is 2. The molecule has 1 aliphatic rings. The summed E-state index contributed by atoms with van der Waals surface area (Å²) in [5, 5.41) is 0. The Morgan fingerprint density at radius 2 is 1.52 bits per heavy atom. The SMILES string of the molecule is NCCCCCCCCCCC[SiH2]O[SiH3].O=C1NS(=O)(=O)c2ccccc21. The minimum absolute atomic E-state index is 0.0648. The van der Waals surface area contributed by atoms with Crippen LogP contribution in [0.3, 0.4) is 0 Å². The molecule has 0 unspecified atom stereocenters. The largest absolute Gasteiger partial charge is 0.468 e. The van der Waals surface area contributed by atoms with Crippen LogP contribution in [0.2, 0.25) is 6.04 Å². The Hall–Kier alpha value is -1.01. The number of carbonyl (C=O) groups is 1. The molecule has 154 valence electrons. The zero-order valence-electron chi connectivity index (χ0n) is 16.4. The molecule has 0 radical (unpaired) electrons. The van der Waals surface area contributed by atoms with Crippen LogP contribution in [-0.4, -0.2) is 41.1 Å². The van der Waals surface area contributed by atoms with Crippen LogP contribution in [-0.2, 0) is 14.1 Å². The van der Waals surface area contributed by atoms with Crippen molar-refractivity contribution in [2.75, 3.05) is 6.54 Å². The number of carbonyl (C=O) groups excluding carboxylic acids is 1. The fourth-order valence-electron chi connectivity index (χ4n) is 2.93. The lowest BCUT2D eigenvalue weighted by molar-refractivity contribution is 0.0985. The third-order valence-corrected chi connectivity index (χ3v) is 8.26. The summed E-state index contributed by atoms with van der Waals surface area (Å²) in [6.45, 7) is 0.867. The number of nitrogens with one attached hydrogen (secondary N) is 1. The van der Waals surface area contributed by atoms with Crippen molar-refractivity contribution in [1.82, 2.24) is 4.72 Å². The van der Waals surface area contributed by atoms with E-state index in [-0.39, 0.29) is 20.2 Å². The van der Waals surface area contributed by atoms with Gasteiger partial charge in [-0.15, -0.1) is 0 Å². The zero-order valence-corrected chi connectivity index (χ0v) is 20.6. The van der Waals surface area contributed by atoms with Crippen molar-refractivity contribution in [1.29, 1.82) is 0 Å². The third kappa shape index (κ3) is 9.66. The Labute approximate surface area is 169 Å². The van der Waals surface area contributed by atoms with Gasteiger partial charge in [-0.2, -0.15) is 0 Å². The van der Waals surface area contributed by atoms with Gasteiger partial charge in [-0.05, 0) is 31.1 Å². The summed E-state index contributed by atoms with van der Waals surface area (Å²) in [6, 6.07) is 7.49. The molecule has 9 heteroatoms. The number of benzene rings is 1. The first-order chi connectivity index (χ1) is 13.0. The molecule has 0 bridgehead atoms. The van der Waals surface area contributed by atoms with E-state index in [0.717, 1.165) is 17.0 Å². The first-order valence-electron chi connectivity index (χ1n) is 9.88. The standard InChI is InChI=1S/C11H29NOSi2.C7H5NO3S/c12-10-8-6-4-2-1-3-5-7-9-11-15-13-14;9-7-5-3-1-2-4-6(5)12(10,11)8-7/h1-12,15H2,14H3;1-4H,(H,8,9). The van der Waals surface area contributed by atoms with Gasteiger partial charge in [-0.1, -0.05) is 63.5 Å². The second-order valence-electron chi connectivity index (χ2n) is 6.75. The average molecular weight is 431 g/mol. The molecule has 0 fully saturated rings. The van der Waals surface area contributed by atoms with Crippen LogP contribution in [0.15, 0.2) is 29.2 Å². The van der Waals surface area contributed by atoms with E-state index in [9.17, 15) is 13.2 Å². The van der Waals surface area contributed by atoms with Gasteiger partial charge in [-0.25, -0.2) is 13.1 Å². The molecule has 0 aromatic heterocycles. The highest BCUT2D eigenvalue weighted by atomic mass is 32.2. The summed E-state index contributed by atoms with van der Waals surface area (Å²) in [5.41, 5.74) is 5.66. The fourth-order valence-corrected chi connectivity index (χ4v) is 5.81. The van der Waals surface area contributed by atoms with Gasteiger partial charge < -0.3 is 9.85 Å². The van der Waals surface area contributed by atoms with Gasteiger partial charge in [0.2, 0.25) is 0 Å². The Balaban J connectivity index is 0.000000274. The lowest BCUT2D eigenvalue weighted by Crippen LogP contribution is -2.20. The smallest absolute Gasteiger partial charge is 0.266 e. The van der Waals surface area contributed by atoms with Crippen LogP contribution in [0.5, 0.6) is 0 Å². The number of amides is 1. The van der Waals surface area contributed by atoms with E-state index in [1.807, 2.05) is 4.72 Å². The van der Waals surface area contributed by atoms with E-state index in [1.54, 1.807) is 12.1 Å². The molecule has 1 amide bonds. The molecule has 0 atom stereocenters. The van der Waals surface area contributed by atoms with Gasteiger partial charge in [0, 0.05) is 0 Å². The van der Waals surface area contributed by atoms with E-state index in [1.165, 1.54) is 76.0 Å². The summed E-state index contributed by atoms with van der Waals surface area (Å²) >= 11 is 0. The van der Waals surface area contributed by atoms with Gasteiger partial charge in [0.1, 0.15) is 25.1 Å². The van der Waals surface area contributed by atoms with Crippen LogP contribution < -0.4 is 10.5 Å². The molecule has 27 heavy (non-hydrogen) atoms. The zero-order chi connectivity index (χ0) is 20.0. The lowest BCUT2D eigenvalue weighted by atomic mass is 10.1. The molecule has 1 aliphatic heterocycles. The van der Waals surface area contributed by atoms with E-state index in [4.69, 9.17) is 9.85 Å². The lowest BCUT2D eigenvalue weighted by Gasteiger charge is -2.01. The van der Waals surface area contributed by atoms with E-state index in [0.29, 0.717) is 0 Å². The molecular weight excluding hydrogens is 396 g/mol. The molecule has 0 saturated heterocycles. The molecule has 2 rings (SSSR count). The van der Waals surface area contributed by atoms with Crippen molar-refractivity contribution in [2.45, 2.75) is 68.7 Å². The Kier molecular flexibility index (Phi) is 12.5. The number of hydrogen-bond acceptors (Lipinski definition) is 5. The van der Waals surface area contributed by atoms with Crippen LogP contribution in [0.4, 0.5) is 0 Å². The van der Waals surface area contributed by atoms with E-state index < -0.39 is 15.9 Å². The van der Waals surface area contributed by atoms with Gasteiger partial charge >= 0.3 is 0 Å². The third-order valence-electron chi connectivity index (χ3n) is 4.45. The highest BCUT2D eigenvalue weighted by Gasteiger charge is 2.31. The number of rotatable bonds is 12. The number of unbranched alkanes of at least 4 members (excludes halogenated alkanes) is 8. The summed E-state index contributed by atoms with van der Waals surface area (Å²) < 4.78 is 29.4. The summed E-state index contributed by atoms with van der Waals surface area (Å²) in [5.74, 6) is -0.550. The van der Waals surface area contributed by atoms with Crippen molar-refractivity contribution in [3.8, 4) is 0 Å². The van der Waals surface area contributed by atoms with Gasteiger partial charge in [0.25, 0.3) is 15.9 Å². The first kappa shape index (κ1) is 24.0. The maximum Gasteiger partial charge on any atom is 0.266 e. The Morgan fingerprint density at radius 3 is 2.07 bits per heavy atom. The summed E-state index contributed by atoms with van der Waals surface area (Å²) in [7, 11) is -2.67. The van der Waals surface area contributed by atoms with Gasteiger partial charge in [0.05, 0.1) is 5.56 Å². The van der Waals surface area contributed by atoms with Gasteiger partial charge in [-0.3, -0.25) is 4.79 Å². The predicted molar refractivity (Wildman–Crippen MR) is 116 cm³/mol. The molecule has 0 saturated carbocycles. The van der Waals surface area contributed by atoms with Crippen molar-refractivity contribution in [3.05, 3.63) is 29.8 Å². The molecule has 0 spiro atoms. The van der Waals surface area contributed by atoms with Crippen LogP contribution in [0.25, 0.3) is 0 Å². The van der Waals surface area contributed by atoms with Crippen molar-refractivity contribution >= 4 is 36.2 Å². The molecule has 0 aliphatic carbocycles. The van der Waals surface area contributed by atoms with Gasteiger partial charge in [0.15, 0.2) is 0 Å².